The molecule has 0 bridgehead atoms. The number of carbonyl (C=O) groups excluding carboxylic acids is 1. The van der Waals surface area contributed by atoms with Crippen LogP contribution >= 0.6 is 11.3 Å². The fourth-order valence-electron chi connectivity index (χ4n) is 1.42. The number of anilines is 2. The molecule has 2 N–H and O–H groups in total. The van der Waals surface area contributed by atoms with Crippen molar-refractivity contribution in [1.82, 2.24) is 10.2 Å². The molecule has 0 saturated carbocycles. The molecule has 0 unspecified atom stereocenters. The maximum absolute atomic E-state index is 12.8. The zero-order chi connectivity index (χ0) is 13.8. The van der Waals surface area contributed by atoms with Gasteiger partial charge in [0.15, 0.2) is 0 Å². The van der Waals surface area contributed by atoms with Crippen molar-refractivity contribution < 1.29 is 9.18 Å². The van der Waals surface area contributed by atoms with Gasteiger partial charge in [-0.3, -0.25) is 10.1 Å². The average Bonchev–Trinajstić information content (AvgIpc) is 2.77. The molecule has 0 spiro atoms. The second kappa shape index (κ2) is 5.75. The molecular weight excluding hydrogens is 267 g/mol. The number of hydrogen-bond acceptors (Lipinski definition) is 5. The van der Waals surface area contributed by atoms with E-state index < -0.39 is 6.04 Å². The van der Waals surface area contributed by atoms with Crippen LogP contribution in [-0.4, -0.2) is 22.1 Å². The molecule has 19 heavy (non-hydrogen) atoms. The van der Waals surface area contributed by atoms with Gasteiger partial charge in [0.1, 0.15) is 16.9 Å². The normalized spacial score (nSPS) is 11.9. The van der Waals surface area contributed by atoms with Crippen LogP contribution in [0.2, 0.25) is 0 Å². The SMILES string of the molecule is Cc1nnc(NC(=O)[C@H](C)Nc2ccc(F)cc2)s1. The standard InChI is InChI=1S/C12H13FN4OS/c1-7(14-10-5-3-9(13)4-6-10)11(18)15-12-17-16-8(2)19-12/h3-7,14H,1-2H3,(H,15,17,18)/t7-/m0/s1. The van der Waals surface area contributed by atoms with Gasteiger partial charge in [0.25, 0.3) is 0 Å². The number of benzene rings is 1. The fourth-order valence-corrected chi connectivity index (χ4v) is 2.02. The van der Waals surface area contributed by atoms with E-state index in [1.165, 1.54) is 23.5 Å². The molecule has 2 aromatic rings. The minimum atomic E-state index is -0.463. The van der Waals surface area contributed by atoms with Crippen LogP contribution in [0.25, 0.3) is 0 Å². The highest BCUT2D eigenvalue weighted by Gasteiger charge is 2.14. The van der Waals surface area contributed by atoms with E-state index in [1.807, 2.05) is 6.92 Å². The summed E-state index contributed by atoms with van der Waals surface area (Å²) in [7, 11) is 0. The third-order valence-corrected chi connectivity index (χ3v) is 3.13. The molecular formula is C12H13FN4OS. The highest BCUT2D eigenvalue weighted by atomic mass is 32.1. The molecule has 0 radical (unpaired) electrons. The number of hydrogen-bond donors (Lipinski definition) is 2. The summed E-state index contributed by atoms with van der Waals surface area (Å²) in [5.74, 6) is -0.535. The van der Waals surface area contributed by atoms with Crippen molar-refractivity contribution in [1.29, 1.82) is 0 Å². The summed E-state index contributed by atoms with van der Waals surface area (Å²) in [5, 5.41) is 14.5. The van der Waals surface area contributed by atoms with E-state index in [4.69, 9.17) is 0 Å². The molecule has 100 valence electrons. The van der Waals surface area contributed by atoms with Crippen LogP contribution < -0.4 is 10.6 Å². The first kappa shape index (κ1) is 13.4. The number of aryl methyl sites for hydroxylation is 1. The summed E-state index contributed by atoms with van der Waals surface area (Å²) >= 11 is 1.31. The summed E-state index contributed by atoms with van der Waals surface area (Å²) < 4.78 is 12.8. The second-order valence-electron chi connectivity index (χ2n) is 3.99. The fraction of sp³-hybridized carbons (Fsp3) is 0.250. The molecule has 0 fully saturated rings. The van der Waals surface area contributed by atoms with E-state index in [1.54, 1.807) is 19.1 Å². The highest BCUT2D eigenvalue weighted by Crippen LogP contribution is 2.15. The molecule has 1 heterocycles. The van der Waals surface area contributed by atoms with Gasteiger partial charge in [-0.15, -0.1) is 10.2 Å². The number of amides is 1. The Bertz CT molecular complexity index is 569. The van der Waals surface area contributed by atoms with Gasteiger partial charge in [0.05, 0.1) is 0 Å². The van der Waals surface area contributed by atoms with Crippen molar-refractivity contribution in [2.45, 2.75) is 19.9 Å². The zero-order valence-corrected chi connectivity index (χ0v) is 11.3. The average molecular weight is 280 g/mol. The zero-order valence-electron chi connectivity index (χ0n) is 10.5. The Kier molecular flexibility index (Phi) is 4.06. The molecule has 0 aliphatic rings. The Morgan fingerprint density at radius 3 is 2.58 bits per heavy atom. The Morgan fingerprint density at radius 1 is 1.32 bits per heavy atom. The second-order valence-corrected chi connectivity index (χ2v) is 5.17. The lowest BCUT2D eigenvalue weighted by molar-refractivity contribution is -0.116. The molecule has 1 amide bonds. The molecule has 2 rings (SSSR count). The van der Waals surface area contributed by atoms with Crippen LogP contribution in [0.4, 0.5) is 15.2 Å². The minimum absolute atomic E-state index is 0.222. The van der Waals surface area contributed by atoms with Crippen molar-refractivity contribution in [3.05, 3.63) is 35.1 Å². The Labute approximate surface area is 113 Å². The number of carbonyl (C=O) groups is 1. The lowest BCUT2D eigenvalue weighted by atomic mass is 10.2. The maximum Gasteiger partial charge on any atom is 0.248 e. The molecule has 1 aromatic heterocycles. The molecule has 0 aliphatic carbocycles. The van der Waals surface area contributed by atoms with E-state index in [0.717, 1.165) is 5.01 Å². The van der Waals surface area contributed by atoms with Crippen molar-refractivity contribution in [3.63, 3.8) is 0 Å². The van der Waals surface area contributed by atoms with Gasteiger partial charge in [-0.05, 0) is 38.1 Å². The monoisotopic (exact) mass is 280 g/mol. The van der Waals surface area contributed by atoms with Crippen LogP contribution in [0, 0.1) is 12.7 Å². The predicted molar refractivity (Wildman–Crippen MR) is 72.8 cm³/mol. The van der Waals surface area contributed by atoms with Crippen LogP contribution in [-0.2, 0) is 4.79 Å². The van der Waals surface area contributed by atoms with E-state index in [9.17, 15) is 9.18 Å². The van der Waals surface area contributed by atoms with Gasteiger partial charge in [-0.1, -0.05) is 11.3 Å². The van der Waals surface area contributed by atoms with Gasteiger partial charge in [0, 0.05) is 5.69 Å². The van der Waals surface area contributed by atoms with Crippen molar-refractivity contribution >= 4 is 28.1 Å². The summed E-state index contributed by atoms with van der Waals surface area (Å²) in [5.41, 5.74) is 0.678. The van der Waals surface area contributed by atoms with Crippen LogP contribution in [0.5, 0.6) is 0 Å². The van der Waals surface area contributed by atoms with Gasteiger partial charge >= 0.3 is 0 Å². The van der Waals surface area contributed by atoms with E-state index >= 15 is 0 Å². The molecule has 1 aromatic carbocycles. The van der Waals surface area contributed by atoms with Gasteiger partial charge in [-0.2, -0.15) is 0 Å². The number of nitrogens with one attached hydrogen (secondary N) is 2. The van der Waals surface area contributed by atoms with E-state index in [2.05, 4.69) is 20.8 Å². The van der Waals surface area contributed by atoms with Gasteiger partial charge in [0.2, 0.25) is 11.0 Å². The van der Waals surface area contributed by atoms with Crippen molar-refractivity contribution in [3.8, 4) is 0 Å². The highest BCUT2D eigenvalue weighted by molar-refractivity contribution is 7.15. The van der Waals surface area contributed by atoms with Crippen LogP contribution in [0.15, 0.2) is 24.3 Å². The number of rotatable bonds is 4. The first-order valence-electron chi connectivity index (χ1n) is 5.67. The topological polar surface area (TPSA) is 66.9 Å². The Morgan fingerprint density at radius 2 is 2.00 bits per heavy atom. The lowest BCUT2D eigenvalue weighted by Gasteiger charge is -2.13. The first-order chi connectivity index (χ1) is 9.04. The molecule has 0 saturated heterocycles. The third-order valence-electron chi connectivity index (χ3n) is 2.38. The summed E-state index contributed by atoms with van der Waals surface area (Å²) in [6.07, 6.45) is 0. The molecule has 1 atom stereocenters. The van der Waals surface area contributed by atoms with Crippen LogP contribution in [0.3, 0.4) is 0 Å². The third kappa shape index (κ3) is 3.72. The summed E-state index contributed by atoms with van der Waals surface area (Å²) in [6.45, 7) is 3.53. The van der Waals surface area contributed by atoms with E-state index in [-0.39, 0.29) is 11.7 Å². The first-order valence-corrected chi connectivity index (χ1v) is 6.49. The number of aromatic nitrogens is 2. The Balaban J connectivity index is 1.94. The predicted octanol–water partition coefficient (Wildman–Crippen LogP) is 2.42. The molecule has 0 aliphatic heterocycles. The minimum Gasteiger partial charge on any atom is -0.374 e. The van der Waals surface area contributed by atoms with Gasteiger partial charge in [-0.25, -0.2) is 4.39 Å². The van der Waals surface area contributed by atoms with Gasteiger partial charge < -0.3 is 5.32 Å². The largest absolute Gasteiger partial charge is 0.374 e. The van der Waals surface area contributed by atoms with E-state index in [0.29, 0.717) is 10.8 Å². The summed E-state index contributed by atoms with van der Waals surface area (Å²) in [6, 6.07) is 5.36. The molecule has 7 heteroatoms. The number of nitrogens with zero attached hydrogens (tertiary/aromatic N) is 2. The lowest BCUT2D eigenvalue weighted by Crippen LogP contribution is -2.31. The number of halogens is 1. The quantitative estimate of drug-likeness (QED) is 0.902. The summed E-state index contributed by atoms with van der Waals surface area (Å²) in [4.78, 5) is 11.9. The molecule has 5 nitrogen and oxygen atoms in total. The van der Waals surface area contributed by atoms with Crippen molar-refractivity contribution in [2.24, 2.45) is 0 Å². The Hall–Kier alpha value is -2.02. The maximum atomic E-state index is 12.8. The smallest absolute Gasteiger partial charge is 0.248 e. The van der Waals surface area contributed by atoms with Crippen molar-refractivity contribution in [2.75, 3.05) is 10.6 Å². The van der Waals surface area contributed by atoms with Crippen LogP contribution in [0.1, 0.15) is 11.9 Å².